The van der Waals surface area contributed by atoms with E-state index in [1.54, 1.807) is 24.3 Å². The normalized spacial score (nSPS) is 11.0. The Labute approximate surface area is 159 Å². The zero-order valence-electron chi connectivity index (χ0n) is 15.4. The molecule has 0 spiro atoms. The Kier molecular flexibility index (Phi) is 9.42. The Bertz CT molecular complexity index is 666. The van der Waals surface area contributed by atoms with Crippen molar-refractivity contribution in [3.63, 3.8) is 0 Å². The van der Waals surface area contributed by atoms with Gasteiger partial charge in [-0.15, -0.1) is 0 Å². The van der Waals surface area contributed by atoms with E-state index in [9.17, 15) is 19.2 Å². The SMILES string of the molecule is [B]NC(=O)c1ccc(NCCNC(=O)CC[C@H](NC(C)=O)C(=O)NC)cc1. The molecule has 0 fully saturated rings. The fourth-order valence-electron chi connectivity index (χ4n) is 2.28. The van der Waals surface area contributed by atoms with Gasteiger partial charge in [-0.1, -0.05) is 0 Å². The van der Waals surface area contributed by atoms with Crippen LogP contribution in [0.5, 0.6) is 0 Å². The summed E-state index contributed by atoms with van der Waals surface area (Å²) in [4.78, 5) is 46.0. The summed E-state index contributed by atoms with van der Waals surface area (Å²) in [6.45, 7) is 2.18. The molecule has 4 amide bonds. The predicted octanol–water partition coefficient (Wildman–Crippen LogP) is -0.941. The summed E-state index contributed by atoms with van der Waals surface area (Å²) >= 11 is 0. The number of benzene rings is 1. The molecule has 0 saturated carbocycles. The topological polar surface area (TPSA) is 128 Å². The number of hydrogen-bond acceptors (Lipinski definition) is 5. The lowest BCUT2D eigenvalue weighted by Crippen LogP contribution is -2.45. The maximum absolute atomic E-state index is 11.9. The Hall–Kier alpha value is -3.04. The molecule has 144 valence electrons. The van der Waals surface area contributed by atoms with Gasteiger partial charge >= 0.3 is 0 Å². The zero-order chi connectivity index (χ0) is 20.2. The minimum absolute atomic E-state index is 0.112. The van der Waals surface area contributed by atoms with Crippen LogP contribution in [0.15, 0.2) is 24.3 Å². The van der Waals surface area contributed by atoms with Crippen LogP contribution in [-0.2, 0) is 14.4 Å². The van der Waals surface area contributed by atoms with Gasteiger partial charge in [0.2, 0.25) is 31.6 Å². The molecule has 0 unspecified atom stereocenters. The summed E-state index contributed by atoms with van der Waals surface area (Å²) in [5.74, 6) is -1.26. The molecule has 2 radical (unpaired) electrons. The van der Waals surface area contributed by atoms with Gasteiger partial charge in [-0.05, 0) is 30.7 Å². The minimum Gasteiger partial charge on any atom is -0.405 e. The van der Waals surface area contributed by atoms with Crippen molar-refractivity contribution in [2.75, 3.05) is 25.5 Å². The van der Waals surface area contributed by atoms with Crippen molar-refractivity contribution in [1.29, 1.82) is 0 Å². The molecule has 1 aromatic carbocycles. The van der Waals surface area contributed by atoms with Crippen molar-refractivity contribution in [3.8, 4) is 0 Å². The Balaban J connectivity index is 2.31. The molecule has 9 nitrogen and oxygen atoms in total. The smallest absolute Gasteiger partial charge is 0.242 e. The van der Waals surface area contributed by atoms with E-state index < -0.39 is 6.04 Å². The zero-order valence-corrected chi connectivity index (χ0v) is 15.4. The van der Waals surface area contributed by atoms with E-state index >= 15 is 0 Å². The van der Waals surface area contributed by atoms with Gasteiger partial charge in [0.25, 0.3) is 0 Å². The third kappa shape index (κ3) is 8.26. The van der Waals surface area contributed by atoms with Gasteiger partial charge < -0.3 is 26.5 Å². The molecule has 1 rings (SSSR count). The first-order valence-electron chi connectivity index (χ1n) is 8.47. The molecule has 0 aliphatic rings. The van der Waals surface area contributed by atoms with Crippen LogP contribution in [0.1, 0.15) is 30.1 Å². The summed E-state index contributed by atoms with van der Waals surface area (Å²) in [6, 6.07) is 5.98. The van der Waals surface area contributed by atoms with Crippen molar-refractivity contribution in [2.45, 2.75) is 25.8 Å². The van der Waals surface area contributed by atoms with E-state index in [1.165, 1.54) is 14.0 Å². The highest BCUT2D eigenvalue weighted by Gasteiger charge is 2.19. The number of carbonyl (C=O) groups excluding carboxylic acids is 4. The summed E-state index contributed by atoms with van der Waals surface area (Å²) < 4.78 is 0. The minimum atomic E-state index is -0.736. The lowest BCUT2D eigenvalue weighted by molar-refractivity contribution is -0.128. The van der Waals surface area contributed by atoms with Gasteiger partial charge in [0.1, 0.15) is 6.04 Å². The number of nitrogens with one attached hydrogen (secondary N) is 5. The van der Waals surface area contributed by atoms with Crippen molar-refractivity contribution < 1.29 is 19.2 Å². The third-order valence-corrected chi connectivity index (χ3v) is 3.65. The van der Waals surface area contributed by atoms with Crippen LogP contribution in [0.25, 0.3) is 0 Å². The molecule has 1 aromatic rings. The van der Waals surface area contributed by atoms with Gasteiger partial charge in [-0.2, -0.15) is 0 Å². The molecule has 0 saturated heterocycles. The number of rotatable bonds is 10. The van der Waals surface area contributed by atoms with Crippen LogP contribution >= 0.6 is 0 Å². The van der Waals surface area contributed by atoms with Crippen molar-refractivity contribution in [1.82, 2.24) is 21.2 Å². The maximum atomic E-state index is 11.9. The summed E-state index contributed by atoms with van der Waals surface area (Å²) in [6.07, 6.45) is 0.324. The van der Waals surface area contributed by atoms with Gasteiger partial charge in [-0.3, -0.25) is 19.2 Å². The second-order valence-electron chi connectivity index (χ2n) is 5.73. The Morgan fingerprint density at radius 3 is 2.30 bits per heavy atom. The number of likely N-dealkylation sites (N-methyl/N-ethyl adjacent to an activating group) is 1. The van der Waals surface area contributed by atoms with Crippen LogP contribution in [0.2, 0.25) is 0 Å². The molecule has 10 heteroatoms. The third-order valence-electron chi connectivity index (χ3n) is 3.65. The number of anilines is 1. The van der Waals surface area contributed by atoms with E-state index in [-0.39, 0.29) is 36.5 Å². The van der Waals surface area contributed by atoms with E-state index in [1.807, 2.05) is 0 Å². The van der Waals surface area contributed by atoms with Crippen LogP contribution in [0, 0.1) is 0 Å². The number of amides is 4. The molecule has 0 aliphatic heterocycles. The highest BCUT2D eigenvalue weighted by molar-refractivity contribution is 6.18. The van der Waals surface area contributed by atoms with Crippen molar-refractivity contribution in [3.05, 3.63) is 29.8 Å². The average Bonchev–Trinajstić information content (AvgIpc) is 2.67. The van der Waals surface area contributed by atoms with Crippen LogP contribution in [0.3, 0.4) is 0 Å². The molecule has 5 N–H and O–H groups in total. The van der Waals surface area contributed by atoms with Crippen LogP contribution in [0.4, 0.5) is 5.69 Å². The average molecular weight is 373 g/mol. The highest BCUT2D eigenvalue weighted by atomic mass is 16.2. The number of carbonyl (C=O) groups is 4. The Morgan fingerprint density at radius 1 is 1.07 bits per heavy atom. The standard InChI is InChI=1S/C17H24BN5O4/c1-11(24)22-14(17(27)19-2)7-8-15(25)21-10-9-20-13-5-3-12(4-6-13)16(26)23-18/h3-6,14,20H,7-10H2,1-2H3,(H,19,27)(H,21,25)(H,22,24)(H,23,26)/t14-/m0/s1. The van der Waals surface area contributed by atoms with Gasteiger partial charge in [0.05, 0.1) is 0 Å². The van der Waals surface area contributed by atoms with Gasteiger partial charge in [0.15, 0.2) is 0 Å². The molecular weight excluding hydrogens is 349 g/mol. The van der Waals surface area contributed by atoms with Crippen LogP contribution in [-0.4, -0.2) is 57.8 Å². The monoisotopic (exact) mass is 373 g/mol. The summed E-state index contributed by atoms with van der Waals surface area (Å²) in [7, 11) is 6.53. The lowest BCUT2D eigenvalue weighted by Gasteiger charge is -2.16. The molecule has 1 atom stereocenters. The second kappa shape index (κ2) is 11.6. The fourth-order valence-corrected chi connectivity index (χ4v) is 2.28. The van der Waals surface area contributed by atoms with Crippen molar-refractivity contribution in [2.24, 2.45) is 0 Å². The highest BCUT2D eigenvalue weighted by Crippen LogP contribution is 2.08. The first kappa shape index (κ1) is 22.0. The molecular formula is C17H24BN5O4. The van der Waals surface area contributed by atoms with E-state index in [2.05, 4.69) is 26.5 Å². The first-order chi connectivity index (χ1) is 12.9. The van der Waals surface area contributed by atoms with E-state index in [0.29, 0.717) is 18.7 Å². The summed E-state index contributed by atoms with van der Waals surface area (Å²) in [5, 5.41) is 12.8. The molecule has 0 aliphatic carbocycles. The van der Waals surface area contributed by atoms with Gasteiger partial charge in [0, 0.05) is 44.7 Å². The fraction of sp³-hybridized carbons (Fsp3) is 0.412. The summed E-state index contributed by atoms with van der Waals surface area (Å²) in [5.41, 5.74) is 1.24. The molecule has 0 aromatic heterocycles. The van der Waals surface area contributed by atoms with E-state index in [0.717, 1.165) is 5.69 Å². The van der Waals surface area contributed by atoms with Gasteiger partial charge in [-0.25, -0.2) is 0 Å². The first-order valence-corrected chi connectivity index (χ1v) is 8.47. The predicted molar refractivity (Wildman–Crippen MR) is 102 cm³/mol. The molecule has 0 heterocycles. The number of hydrogen-bond donors (Lipinski definition) is 5. The quantitative estimate of drug-likeness (QED) is 0.267. The van der Waals surface area contributed by atoms with Crippen molar-refractivity contribution >= 4 is 37.3 Å². The molecule has 27 heavy (non-hydrogen) atoms. The van der Waals surface area contributed by atoms with Crippen LogP contribution < -0.4 is 26.5 Å². The second-order valence-corrected chi connectivity index (χ2v) is 5.73. The van der Waals surface area contributed by atoms with E-state index in [4.69, 9.17) is 7.98 Å². The maximum Gasteiger partial charge on any atom is 0.242 e. The Morgan fingerprint density at radius 2 is 1.74 bits per heavy atom. The lowest BCUT2D eigenvalue weighted by atomic mass is 10.1. The molecule has 0 bridgehead atoms. The largest absolute Gasteiger partial charge is 0.405 e.